The summed E-state index contributed by atoms with van der Waals surface area (Å²) in [6.45, 7) is 2.68. The maximum Gasteiger partial charge on any atom is 0.244 e. The summed E-state index contributed by atoms with van der Waals surface area (Å²) >= 11 is 0. The molecule has 0 saturated carbocycles. The molecule has 0 aromatic heterocycles. The van der Waals surface area contributed by atoms with Crippen molar-refractivity contribution >= 4 is 10.0 Å². The van der Waals surface area contributed by atoms with Crippen molar-refractivity contribution in [3.05, 3.63) is 23.3 Å². The van der Waals surface area contributed by atoms with Crippen molar-refractivity contribution in [2.24, 2.45) is 0 Å². The largest absolute Gasteiger partial charge is 0.495 e. The first-order valence-electron chi connectivity index (χ1n) is 5.75. The van der Waals surface area contributed by atoms with E-state index in [9.17, 15) is 8.42 Å². The molecule has 19 heavy (non-hydrogen) atoms. The van der Waals surface area contributed by atoms with Gasteiger partial charge < -0.3 is 14.9 Å². The molecule has 1 aromatic carbocycles. The van der Waals surface area contributed by atoms with Crippen LogP contribution in [0, 0.1) is 13.8 Å². The van der Waals surface area contributed by atoms with Gasteiger partial charge >= 0.3 is 0 Å². The number of hydrogen-bond donors (Lipinski definition) is 3. The lowest BCUT2D eigenvalue weighted by Gasteiger charge is -2.16. The highest BCUT2D eigenvalue weighted by molar-refractivity contribution is 7.89. The highest BCUT2D eigenvalue weighted by Gasteiger charge is 2.23. The van der Waals surface area contributed by atoms with Gasteiger partial charge in [-0.3, -0.25) is 0 Å². The van der Waals surface area contributed by atoms with Crippen LogP contribution in [0.2, 0.25) is 0 Å². The van der Waals surface area contributed by atoms with Crippen molar-refractivity contribution in [1.82, 2.24) is 4.72 Å². The Labute approximate surface area is 113 Å². The molecule has 0 fully saturated rings. The molecule has 6 nitrogen and oxygen atoms in total. The van der Waals surface area contributed by atoms with Gasteiger partial charge in [0, 0.05) is 0 Å². The van der Waals surface area contributed by atoms with Crippen LogP contribution >= 0.6 is 0 Å². The van der Waals surface area contributed by atoms with Gasteiger partial charge in [0.05, 0.1) is 26.4 Å². The number of sulfonamides is 1. The second-order valence-electron chi connectivity index (χ2n) is 4.27. The smallest absolute Gasteiger partial charge is 0.244 e. The van der Waals surface area contributed by atoms with E-state index in [2.05, 4.69) is 4.72 Å². The van der Waals surface area contributed by atoms with Gasteiger partial charge in [0.1, 0.15) is 10.6 Å². The predicted octanol–water partition coefficient (Wildman–Crippen LogP) is -0.0565. The van der Waals surface area contributed by atoms with Gasteiger partial charge in [-0.25, -0.2) is 13.1 Å². The molecule has 0 aliphatic carbocycles. The minimum absolute atomic E-state index is 0.00926. The fourth-order valence-electron chi connectivity index (χ4n) is 1.55. The fourth-order valence-corrected chi connectivity index (χ4v) is 3.00. The standard InChI is InChI=1S/C12H19NO5S/c1-8-4-11(18-3)12(5-9(8)2)19(16,17)13-10(6-14)7-15/h4-5,10,13-15H,6-7H2,1-3H3. The predicted molar refractivity (Wildman–Crippen MR) is 70.7 cm³/mol. The summed E-state index contributed by atoms with van der Waals surface area (Å²) in [6.07, 6.45) is 0. The lowest BCUT2D eigenvalue weighted by Crippen LogP contribution is -2.40. The maximum atomic E-state index is 12.2. The van der Waals surface area contributed by atoms with Gasteiger partial charge in [0.15, 0.2) is 0 Å². The highest BCUT2D eigenvalue weighted by atomic mass is 32.2. The summed E-state index contributed by atoms with van der Waals surface area (Å²) in [5.74, 6) is 0.227. The van der Waals surface area contributed by atoms with E-state index in [1.807, 2.05) is 6.92 Å². The van der Waals surface area contributed by atoms with Crippen LogP contribution in [0.4, 0.5) is 0 Å². The Morgan fingerprint density at radius 1 is 1.21 bits per heavy atom. The Kier molecular flexibility index (Phi) is 5.30. The molecule has 0 atom stereocenters. The molecule has 0 heterocycles. The number of aliphatic hydroxyl groups is 2. The minimum atomic E-state index is -3.86. The van der Waals surface area contributed by atoms with Crippen LogP contribution in [-0.2, 0) is 10.0 Å². The third-order valence-electron chi connectivity index (χ3n) is 2.83. The van der Waals surface area contributed by atoms with E-state index < -0.39 is 29.3 Å². The molecule has 0 spiro atoms. The molecule has 0 radical (unpaired) electrons. The quantitative estimate of drug-likeness (QED) is 0.682. The number of aliphatic hydroxyl groups excluding tert-OH is 2. The minimum Gasteiger partial charge on any atom is -0.495 e. The maximum absolute atomic E-state index is 12.2. The summed E-state index contributed by atoms with van der Waals surface area (Å²) in [7, 11) is -2.47. The Balaban J connectivity index is 3.24. The van der Waals surface area contributed by atoms with Gasteiger partial charge in [-0.2, -0.15) is 0 Å². The topological polar surface area (TPSA) is 95.9 Å². The van der Waals surface area contributed by atoms with Crippen molar-refractivity contribution < 1.29 is 23.4 Å². The molecule has 0 saturated heterocycles. The zero-order valence-electron chi connectivity index (χ0n) is 11.2. The molecule has 0 unspecified atom stereocenters. The van der Waals surface area contributed by atoms with Crippen LogP contribution in [0.5, 0.6) is 5.75 Å². The Hall–Kier alpha value is -1.15. The van der Waals surface area contributed by atoms with Crippen LogP contribution < -0.4 is 9.46 Å². The molecule has 1 aromatic rings. The molecular weight excluding hydrogens is 270 g/mol. The number of benzene rings is 1. The Morgan fingerprint density at radius 2 is 1.74 bits per heavy atom. The number of aryl methyl sites for hydroxylation is 2. The number of rotatable bonds is 6. The van der Waals surface area contributed by atoms with Crippen LogP contribution in [0.3, 0.4) is 0 Å². The van der Waals surface area contributed by atoms with E-state index in [0.717, 1.165) is 11.1 Å². The van der Waals surface area contributed by atoms with Crippen LogP contribution in [0.1, 0.15) is 11.1 Å². The van der Waals surface area contributed by atoms with E-state index >= 15 is 0 Å². The third-order valence-corrected chi connectivity index (χ3v) is 4.37. The first-order chi connectivity index (χ1) is 8.85. The highest BCUT2D eigenvalue weighted by Crippen LogP contribution is 2.27. The molecule has 7 heteroatoms. The first kappa shape index (κ1) is 15.9. The number of nitrogens with one attached hydrogen (secondary N) is 1. The van der Waals surface area contributed by atoms with E-state index in [4.69, 9.17) is 14.9 Å². The Morgan fingerprint density at radius 3 is 2.21 bits per heavy atom. The van der Waals surface area contributed by atoms with Gasteiger partial charge in [0.25, 0.3) is 0 Å². The third kappa shape index (κ3) is 3.66. The number of methoxy groups -OCH3 is 1. The van der Waals surface area contributed by atoms with E-state index in [1.165, 1.54) is 13.2 Å². The van der Waals surface area contributed by atoms with Crippen molar-refractivity contribution in [2.75, 3.05) is 20.3 Å². The summed E-state index contributed by atoms with van der Waals surface area (Å²) in [4.78, 5) is -0.00926. The van der Waals surface area contributed by atoms with E-state index in [1.54, 1.807) is 13.0 Å². The van der Waals surface area contributed by atoms with Gasteiger partial charge in [-0.1, -0.05) is 0 Å². The van der Waals surface area contributed by atoms with Crippen LogP contribution in [0.25, 0.3) is 0 Å². The normalized spacial score (nSPS) is 11.9. The first-order valence-corrected chi connectivity index (χ1v) is 7.23. The summed E-state index contributed by atoms with van der Waals surface area (Å²) in [5, 5.41) is 17.9. The van der Waals surface area contributed by atoms with E-state index in [-0.39, 0.29) is 10.6 Å². The van der Waals surface area contributed by atoms with Crippen LogP contribution in [-0.4, -0.2) is 45.0 Å². The zero-order valence-corrected chi connectivity index (χ0v) is 12.0. The summed E-state index contributed by atoms with van der Waals surface area (Å²) in [5.41, 5.74) is 1.72. The molecule has 108 valence electrons. The monoisotopic (exact) mass is 289 g/mol. The van der Waals surface area contributed by atoms with Crippen molar-refractivity contribution in [3.63, 3.8) is 0 Å². The molecule has 0 bridgehead atoms. The zero-order chi connectivity index (χ0) is 14.6. The van der Waals surface area contributed by atoms with Gasteiger partial charge in [-0.05, 0) is 37.1 Å². The van der Waals surface area contributed by atoms with Gasteiger partial charge in [-0.15, -0.1) is 0 Å². The molecule has 0 amide bonds. The summed E-state index contributed by atoms with van der Waals surface area (Å²) in [6, 6.07) is 2.20. The average molecular weight is 289 g/mol. The second-order valence-corrected chi connectivity index (χ2v) is 5.95. The lowest BCUT2D eigenvalue weighted by molar-refractivity contribution is 0.185. The van der Waals surface area contributed by atoms with Crippen LogP contribution in [0.15, 0.2) is 17.0 Å². The Bertz CT molecular complexity index is 537. The van der Waals surface area contributed by atoms with Crippen molar-refractivity contribution in [3.8, 4) is 5.75 Å². The van der Waals surface area contributed by atoms with E-state index in [0.29, 0.717) is 0 Å². The average Bonchev–Trinajstić information content (AvgIpc) is 2.38. The lowest BCUT2D eigenvalue weighted by atomic mass is 10.1. The molecular formula is C12H19NO5S. The second kappa shape index (κ2) is 6.33. The SMILES string of the molecule is COc1cc(C)c(C)cc1S(=O)(=O)NC(CO)CO. The van der Waals surface area contributed by atoms with Gasteiger partial charge in [0.2, 0.25) is 10.0 Å². The molecule has 1 rings (SSSR count). The molecule has 0 aliphatic rings. The molecule has 3 N–H and O–H groups in total. The molecule has 0 aliphatic heterocycles. The fraction of sp³-hybridized carbons (Fsp3) is 0.500. The summed E-state index contributed by atoms with van der Waals surface area (Å²) < 4.78 is 31.7. The van der Waals surface area contributed by atoms with Crippen molar-refractivity contribution in [2.45, 2.75) is 24.8 Å². The number of ether oxygens (including phenoxy) is 1. The van der Waals surface area contributed by atoms with Crippen molar-refractivity contribution in [1.29, 1.82) is 0 Å². The number of hydrogen-bond acceptors (Lipinski definition) is 5.